The number of para-hydroxylation sites is 1. The topological polar surface area (TPSA) is 143 Å². The monoisotopic (exact) mass is 460 g/mol. The Morgan fingerprint density at radius 3 is 2.76 bits per heavy atom. The summed E-state index contributed by atoms with van der Waals surface area (Å²) < 4.78 is 1.66. The Hall–Kier alpha value is -4.37. The van der Waals surface area contributed by atoms with Gasteiger partial charge in [-0.1, -0.05) is 29.5 Å². The van der Waals surface area contributed by atoms with Gasteiger partial charge in [-0.3, -0.25) is 14.9 Å². The van der Waals surface area contributed by atoms with Crippen LogP contribution in [0.4, 0.5) is 16.8 Å². The zero-order valence-electron chi connectivity index (χ0n) is 17.1. The number of hydrogen-bond donors (Lipinski definition) is 1. The Balaban J connectivity index is 1.57. The maximum atomic E-state index is 12.8. The van der Waals surface area contributed by atoms with Crippen LogP contribution >= 0.6 is 11.3 Å². The molecule has 1 atom stereocenters. The van der Waals surface area contributed by atoms with Crippen LogP contribution in [-0.4, -0.2) is 43.7 Å². The van der Waals surface area contributed by atoms with Crippen LogP contribution in [0.5, 0.6) is 0 Å². The molecular weight excluding hydrogens is 444 g/mol. The van der Waals surface area contributed by atoms with E-state index in [-0.39, 0.29) is 21.6 Å². The summed E-state index contributed by atoms with van der Waals surface area (Å²) in [4.78, 5) is 34.6. The first-order valence-corrected chi connectivity index (χ1v) is 10.9. The summed E-state index contributed by atoms with van der Waals surface area (Å²) in [6.07, 6.45) is 2.27. The maximum absolute atomic E-state index is 12.8. The molecule has 4 heterocycles. The van der Waals surface area contributed by atoms with E-state index in [9.17, 15) is 20.2 Å². The van der Waals surface area contributed by atoms with Crippen LogP contribution in [0.1, 0.15) is 16.1 Å². The fourth-order valence-corrected chi connectivity index (χ4v) is 4.37. The quantitative estimate of drug-likeness (QED) is 0.353. The second kappa shape index (κ2) is 8.29. The van der Waals surface area contributed by atoms with Gasteiger partial charge in [0.15, 0.2) is 5.65 Å². The van der Waals surface area contributed by atoms with Crippen molar-refractivity contribution in [2.75, 3.05) is 23.3 Å². The average Bonchev–Trinajstić information content (AvgIpc) is 3.58. The number of carbonyl (C=O) groups excluding carboxylic acids is 1. The molecule has 164 valence electrons. The number of nitrogens with zero attached hydrogens (tertiary/aromatic N) is 7. The Kier molecular flexibility index (Phi) is 5.15. The smallest absolute Gasteiger partial charge is 0.324 e. The third kappa shape index (κ3) is 3.85. The number of amides is 1. The zero-order chi connectivity index (χ0) is 22.9. The minimum absolute atomic E-state index is 0.118. The summed E-state index contributed by atoms with van der Waals surface area (Å²) in [7, 11) is 0. The largest absolute Gasteiger partial charge is 0.339 e. The lowest BCUT2D eigenvalue weighted by Gasteiger charge is -2.17. The molecule has 1 amide bonds. The number of benzene rings is 1. The lowest BCUT2D eigenvalue weighted by Crippen LogP contribution is -2.23. The molecule has 5 rings (SSSR count). The fourth-order valence-electron chi connectivity index (χ4n) is 3.66. The van der Waals surface area contributed by atoms with Crippen molar-refractivity contribution >= 4 is 45.0 Å². The van der Waals surface area contributed by atoms with Gasteiger partial charge >= 0.3 is 5.00 Å². The average molecular weight is 460 g/mol. The number of hydrogen-bond acceptors (Lipinski definition) is 9. The van der Waals surface area contributed by atoms with E-state index in [1.54, 1.807) is 10.9 Å². The summed E-state index contributed by atoms with van der Waals surface area (Å²) in [5.74, 6) is -0.0000856. The van der Waals surface area contributed by atoms with Gasteiger partial charge in [-0.25, -0.2) is 4.68 Å². The third-order valence-electron chi connectivity index (χ3n) is 5.30. The number of thiophene rings is 1. The van der Waals surface area contributed by atoms with Crippen molar-refractivity contribution in [3.63, 3.8) is 0 Å². The molecule has 0 aliphatic carbocycles. The molecule has 1 N–H and O–H groups in total. The predicted octanol–water partition coefficient (Wildman–Crippen LogP) is 3.39. The molecule has 1 saturated heterocycles. The Bertz CT molecular complexity index is 1410. The van der Waals surface area contributed by atoms with Gasteiger partial charge in [0.05, 0.1) is 39.1 Å². The van der Waals surface area contributed by atoms with Gasteiger partial charge in [0.1, 0.15) is 5.82 Å². The molecule has 1 fully saturated rings. The van der Waals surface area contributed by atoms with E-state index in [1.165, 1.54) is 12.1 Å². The van der Waals surface area contributed by atoms with Crippen LogP contribution in [0, 0.1) is 27.4 Å². The number of nitriles is 1. The molecule has 11 nitrogen and oxygen atoms in total. The fraction of sp³-hybridized carbons (Fsp3) is 0.190. The van der Waals surface area contributed by atoms with E-state index >= 15 is 0 Å². The highest BCUT2D eigenvalue weighted by molar-refractivity contribution is 7.17. The standard InChI is InChI=1S/C21H16N8O3S/c22-10-13-8-9-27(12-13)21-25-18(24-20(30)16-6-7-17(33-16)29(31)32)15-11-23-28(19(15)26-21)14-4-2-1-3-5-14/h1-7,11,13H,8-9,12H2,(H,24,25,26,30). The third-order valence-corrected chi connectivity index (χ3v) is 6.33. The Morgan fingerprint density at radius 2 is 2.06 bits per heavy atom. The Morgan fingerprint density at radius 1 is 1.24 bits per heavy atom. The molecule has 1 aliphatic heterocycles. The van der Waals surface area contributed by atoms with E-state index in [0.717, 1.165) is 17.0 Å². The van der Waals surface area contributed by atoms with Gasteiger partial charge in [0, 0.05) is 19.2 Å². The maximum Gasteiger partial charge on any atom is 0.324 e. The highest BCUT2D eigenvalue weighted by Gasteiger charge is 2.27. The van der Waals surface area contributed by atoms with Gasteiger partial charge in [-0.2, -0.15) is 20.3 Å². The molecule has 1 aromatic carbocycles. The van der Waals surface area contributed by atoms with Crippen LogP contribution in [-0.2, 0) is 0 Å². The second-order valence-electron chi connectivity index (χ2n) is 7.41. The summed E-state index contributed by atoms with van der Waals surface area (Å²) in [6, 6.07) is 14.4. The van der Waals surface area contributed by atoms with Gasteiger partial charge in [0.2, 0.25) is 5.95 Å². The lowest BCUT2D eigenvalue weighted by molar-refractivity contribution is -0.380. The molecule has 0 bridgehead atoms. The highest BCUT2D eigenvalue weighted by atomic mass is 32.1. The molecule has 1 aliphatic rings. The van der Waals surface area contributed by atoms with Gasteiger partial charge in [0.25, 0.3) is 5.91 Å². The van der Waals surface area contributed by atoms with Gasteiger partial charge < -0.3 is 10.2 Å². The number of nitro groups is 1. The van der Waals surface area contributed by atoms with Crippen molar-refractivity contribution in [3.05, 3.63) is 63.7 Å². The first kappa shape index (κ1) is 20.5. The number of fused-ring (bicyclic) bond motifs is 1. The molecule has 33 heavy (non-hydrogen) atoms. The molecule has 3 aromatic heterocycles. The van der Waals surface area contributed by atoms with Crippen LogP contribution < -0.4 is 10.2 Å². The van der Waals surface area contributed by atoms with E-state index in [2.05, 4.69) is 21.5 Å². The number of carbonyl (C=O) groups is 1. The molecule has 0 radical (unpaired) electrons. The van der Waals surface area contributed by atoms with Crippen LogP contribution in [0.3, 0.4) is 0 Å². The summed E-state index contributed by atoms with van der Waals surface area (Å²) in [6.45, 7) is 1.11. The van der Waals surface area contributed by atoms with Crippen molar-refractivity contribution in [3.8, 4) is 11.8 Å². The number of rotatable bonds is 5. The minimum atomic E-state index is -0.536. The van der Waals surface area contributed by atoms with Crippen LogP contribution in [0.2, 0.25) is 0 Å². The van der Waals surface area contributed by atoms with Gasteiger partial charge in [-0.05, 0) is 24.6 Å². The molecule has 0 spiro atoms. The van der Waals surface area contributed by atoms with Crippen molar-refractivity contribution in [2.45, 2.75) is 6.42 Å². The minimum Gasteiger partial charge on any atom is -0.339 e. The van der Waals surface area contributed by atoms with Crippen molar-refractivity contribution in [1.29, 1.82) is 5.26 Å². The molecule has 12 heteroatoms. The van der Waals surface area contributed by atoms with E-state index in [4.69, 9.17) is 4.98 Å². The highest BCUT2D eigenvalue weighted by Crippen LogP contribution is 2.30. The first-order chi connectivity index (χ1) is 16.0. The lowest BCUT2D eigenvalue weighted by atomic mass is 10.1. The predicted molar refractivity (Wildman–Crippen MR) is 122 cm³/mol. The van der Waals surface area contributed by atoms with Crippen molar-refractivity contribution in [1.82, 2.24) is 19.7 Å². The van der Waals surface area contributed by atoms with Crippen molar-refractivity contribution < 1.29 is 9.72 Å². The first-order valence-electron chi connectivity index (χ1n) is 10.0. The number of nitrogens with one attached hydrogen (secondary N) is 1. The normalized spacial score (nSPS) is 15.5. The summed E-state index contributed by atoms with van der Waals surface area (Å²) in [5, 5.41) is 27.8. The van der Waals surface area contributed by atoms with Crippen LogP contribution in [0.15, 0.2) is 48.7 Å². The van der Waals surface area contributed by atoms with Crippen molar-refractivity contribution in [2.24, 2.45) is 5.92 Å². The van der Waals surface area contributed by atoms with Gasteiger partial charge in [-0.15, -0.1) is 0 Å². The number of aromatic nitrogens is 4. The molecule has 4 aromatic rings. The molecular formula is C21H16N8O3S. The summed E-state index contributed by atoms with van der Waals surface area (Å²) >= 11 is 0.787. The molecule has 1 unspecified atom stereocenters. The van der Waals surface area contributed by atoms with Crippen LogP contribution in [0.25, 0.3) is 16.7 Å². The number of anilines is 2. The molecule has 0 saturated carbocycles. The zero-order valence-corrected chi connectivity index (χ0v) is 17.9. The second-order valence-corrected chi connectivity index (χ2v) is 8.47. The van der Waals surface area contributed by atoms with E-state index < -0.39 is 10.8 Å². The van der Waals surface area contributed by atoms with E-state index in [0.29, 0.717) is 36.5 Å². The van der Waals surface area contributed by atoms with E-state index in [1.807, 2.05) is 35.2 Å². The summed E-state index contributed by atoms with van der Waals surface area (Å²) in [5.41, 5.74) is 1.29. The SMILES string of the molecule is N#CC1CCN(c2nc(NC(=O)c3ccc([N+](=O)[O-])s3)c3cnn(-c4ccccc4)c3n2)C1. The Labute approximate surface area is 191 Å².